The summed E-state index contributed by atoms with van der Waals surface area (Å²) in [6, 6.07) is 0. The largest absolute Gasteiger partial charge is 0.462 e. The summed E-state index contributed by atoms with van der Waals surface area (Å²) in [7, 11) is 0. The Morgan fingerprint density at radius 3 is 1.67 bits per heavy atom. The lowest BCUT2D eigenvalue weighted by Gasteiger charge is -2.30. The molecule has 0 aromatic carbocycles. The van der Waals surface area contributed by atoms with E-state index in [4.69, 9.17) is 4.74 Å². The summed E-state index contributed by atoms with van der Waals surface area (Å²) in [5.74, 6) is -24.6. The molecular formula is C18H24F6O6. The van der Waals surface area contributed by atoms with Crippen molar-refractivity contribution in [2.45, 2.75) is 70.3 Å². The lowest BCUT2D eigenvalue weighted by molar-refractivity contribution is -0.302. The zero-order chi connectivity index (χ0) is 23.8. The fourth-order valence-corrected chi connectivity index (χ4v) is 1.84. The molecule has 0 aromatic heterocycles. The molecule has 0 fully saturated rings. The lowest BCUT2D eigenvalue weighted by atomic mass is 10.0. The average molecular weight is 450 g/mol. The summed E-state index contributed by atoms with van der Waals surface area (Å²) in [6.45, 7) is 6.25. The molecule has 0 bridgehead atoms. The molecule has 6 nitrogen and oxygen atoms in total. The number of halogens is 6. The van der Waals surface area contributed by atoms with Crippen molar-refractivity contribution in [3.63, 3.8) is 0 Å². The van der Waals surface area contributed by atoms with Gasteiger partial charge < -0.3 is 14.2 Å². The van der Waals surface area contributed by atoms with Crippen LogP contribution in [0.2, 0.25) is 0 Å². The molecule has 174 valence electrons. The highest BCUT2D eigenvalue weighted by Gasteiger charge is 2.79. The molecule has 0 N–H and O–H groups in total. The number of unbranched alkanes of at least 4 members (excludes halogenated alkanes) is 3. The van der Waals surface area contributed by atoms with Crippen LogP contribution >= 0.6 is 0 Å². The quantitative estimate of drug-likeness (QED) is 0.138. The van der Waals surface area contributed by atoms with E-state index in [1.165, 1.54) is 6.92 Å². The molecule has 0 unspecified atom stereocenters. The summed E-state index contributed by atoms with van der Waals surface area (Å²) in [5, 5.41) is 0. The number of hydrogen-bond donors (Lipinski definition) is 0. The number of rotatable bonds is 13. The van der Waals surface area contributed by atoms with Crippen LogP contribution in [0.25, 0.3) is 0 Å². The van der Waals surface area contributed by atoms with Gasteiger partial charge in [-0.25, -0.2) is 14.4 Å². The van der Waals surface area contributed by atoms with Crippen LogP contribution in [0.5, 0.6) is 0 Å². The monoisotopic (exact) mass is 450 g/mol. The second-order valence-electron chi connectivity index (χ2n) is 6.64. The number of alkyl halides is 6. The highest BCUT2D eigenvalue weighted by molar-refractivity contribution is 5.87. The molecular weight excluding hydrogens is 426 g/mol. The Morgan fingerprint density at radius 2 is 1.23 bits per heavy atom. The molecule has 30 heavy (non-hydrogen) atoms. The highest BCUT2D eigenvalue weighted by atomic mass is 19.3. The van der Waals surface area contributed by atoms with Crippen LogP contribution in [0.1, 0.15) is 46.5 Å². The minimum atomic E-state index is -6.36. The van der Waals surface area contributed by atoms with E-state index in [0.29, 0.717) is 12.8 Å². The van der Waals surface area contributed by atoms with Crippen LogP contribution in [0.3, 0.4) is 0 Å². The molecule has 0 amide bonds. The van der Waals surface area contributed by atoms with Gasteiger partial charge in [-0.2, -0.15) is 26.3 Å². The molecule has 0 rings (SSSR count). The zero-order valence-electron chi connectivity index (χ0n) is 16.7. The second-order valence-corrected chi connectivity index (χ2v) is 6.64. The molecule has 0 aliphatic rings. The van der Waals surface area contributed by atoms with Crippen LogP contribution in [0.15, 0.2) is 12.2 Å². The Bertz CT molecular complexity index is 633. The molecule has 0 saturated heterocycles. The van der Waals surface area contributed by atoms with Crippen LogP contribution in [-0.2, 0) is 28.6 Å². The maximum atomic E-state index is 13.6. The summed E-state index contributed by atoms with van der Waals surface area (Å²) in [5.41, 5.74) is 0.211. The number of esters is 3. The minimum absolute atomic E-state index is 0.0341. The molecule has 12 heteroatoms. The van der Waals surface area contributed by atoms with Crippen LogP contribution < -0.4 is 0 Å². The van der Waals surface area contributed by atoms with Gasteiger partial charge in [0.05, 0.1) is 19.3 Å². The SMILES string of the molecule is C=C(C)C(=O)OCCCCCCOC(=O)C(F)(F)C(F)(F)C(F)(F)C(=O)OC(C)C. The molecule has 0 aliphatic heterocycles. The van der Waals surface area contributed by atoms with Crippen molar-refractivity contribution in [2.24, 2.45) is 0 Å². The van der Waals surface area contributed by atoms with Crippen molar-refractivity contribution in [1.29, 1.82) is 0 Å². The van der Waals surface area contributed by atoms with Gasteiger partial charge in [0.2, 0.25) is 0 Å². The van der Waals surface area contributed by atoms with Gasteiger partial charge in [0.25, 0.3) is 0 Å². The van der Waals surface area contributed by atoms with E-state index in [1.807, 2.05) is 0 Å². The molecule has 0 atom stereocenters. The number of ether oxygens (including phenoxy) is 3. The lowest BCUT2D eigenvalue weighted by Crippen LogP contribution is -2.61. The Balaban J connectivity index is 4.56. The maximum absolute atomic E-state index is 13.6. The summed E-state index contributed by atoms with van der Waals surface area (Å²) < 4.78 is 94.2. The third-order valence-corrected chi connectivity index (χ3v) is 3.50. The van der Waals surface area contributed by atoms with Crippen molar-refractivity contribution in [3.05, 3.63) is 12.2 Å². The zero-order valence-corrected chi connectivity index (χ0v) is 16.7. The average Bonchev–Trinajstić information content (AvgIpc) is 2.62. The first-order chi connectivity index (χ1) is 13.6. The fourth-order valence-electron chi connectivity index (χ4n) is 1.84. The molecule has 0 heterocycles. The van der Waals surface area contributed by atoms with Gasteiger partial charge in [-0.15, -0.1) is 0 Å². The predicted molar refractivity (Wildman–Crippen MR) is 91.3 cm³/mol. The maximum Gasteiger partial charge on any atom is 0.411 e. The third-order valence-electron chi connectivity index (χ3n) is 3.50. The highest BCUT2D eigenvalue weighted by Crippen LogP contribution is 2.47. The van der Waals surface area contributed by atoms with Gasteiger partial charge in [-0.1, -0.05) is 6.58 Å². The van der Waals surface area contributed by atoms with Gasteiger partial charge in [0.1, 0.15) is 0 Å². The Labute approximate surface area is 169 Å². The molecule has 0 radical (unpaired) electrons. The van der Waals surface area contributed by atoms with Crippen LogP contribution in [0.4, 0.5) is 26.3 Å². The van der Waals surface area contributed by atoms with Crippen molar-refractivity contribution in [3.8, 4) is 0 Å². The normalized spacial score (nSPS) is 12.5. The summed E-state index contributed by atoms with van der Waals surface area (Å²) in [6.07, 6.45) is -0.202. The van der Waals surface area contributed by atoms with E-state index < -0.39 is 48.4 Å². The standard InChI is InChI=1S/C18H24F6O6/c1-11(2)13(25)28-9-7-5-6-8-10-29-14(26)16(19,20)18(23,24)17(21,22)15(27)30-12(3)4/h12H,1,5-10H2,2-4H3. The Kier molecular flexibility index (Phi) is 10.4. The Morgan fingerprint density at radius 1 is 0.800 bits per heavy atom. The van der Waals surface area contributed by atoms with Crippen molar-refractivity contribution >= 4 is 17.9 Å². The number of hydrogen-bond acceptors (Lipinski definition) is 6. The van der Waals surface area contributed by atoms with Gasteiger partial charge in [0.15, 0.2) is 0 Å². The van der Waals surface area contributed by atoms with Gasteiger partial charge in [0, 0.05) is 5.57 Å². The van der Waals surface area contributed by atoms with E-state index in [-0.39, 0.29) is 25.0 Å². The first kappa shape index (κ1) is 27.7. The van der Waals surface area contributed by atoms with E-state index in [1.54, 1.807) is 0 Å². The fraction of sp³-hybridized carbons (Fsp3) is 0.722. The number of carbonyl (C=O) groups is 3. The summed E-state index contributed by atoms with van der Waals surface area (Å²) in [4.78, 5) is 33.5. The second kappa shape index (κ2) is 11.2. The summed E-state index contributed by atoms with van der Waals surface area (Å²) >= 11 is 0. The van der Waals surface area contributed by atoms with E-state index >= 15 is 0 Å². The molecule has 0 aliphatic carbocycles. The number of carbonyl (C=O) groups excluding carboxylic acids is 3. The van der Waals surface area contributed by atoms with Crippen LogP contribution in [0, 0.1) is 0 Å². The van der Waals surface area contributed by atoms with Gasteiger partial charge in [-0.05, 0) is 46.5 Å². The predicted octanol–water partition coefficient (Wildman–Crippen LogP) is 4.07. The van der Waals surface area contributed by atoms with E-state index in [2.05, 4.69) is 16.1 Å². The third kappa shape index (κ3) is 7.21. The smallest absolute Gasteiger partial charge is 0.411 e. The first-order valence-corrected chi connectivity index (χ1v) is 8.93. The van der Waals surface area contributed by atoms with Gasteiger partial charge >= 0.3 is 35.7 Å². The van der Waals surface area contributed by atoms with Gasteiger partial charge in [-0.3, -0.25) is 0 Å². The Hall–Kier alpha value is -2.27. The van der Waals surface area contributed by atoms with Crippen molar-refractivity contribution < 1.29 is 54.9 Å². The molecule has 0 saturated carbocycles. The minimum Gasteiger partial charge on any atom is -0.462 e. The molecule has 0 aromatic rings. The van der Waals surface area contributed by atoms with Crippen molar-refractivity contribution in [2.75, 3.05) is 13.2 Å². The topological polar surface area (TPSA) is 78.9 Å². The van der Waals surface area contributed by atoms with E-state index in [9.17, 15) is 40.7 Å². The molecule has 0 spiro atoms. The first-order valence-electron chi connectivity index (χ1n) is 8.93. The van der Waals surface area contributed by atoms with Crippen molar-refractivity contribution in [1.82, 2.24) is 0 Å². The van der Waals surface area contributed by atoms with E-state index in [0.717, 1.165) is 13.8 Å². The van der Waals surface area contributed by atoms with Crippen LogP contribution in [-0.4, -0.2) is 55.0 Å².